The van der Waals surface area contributed by atoms with Crippen LogP contribution in [-0.2, 0) is 0 Å². The lowest BCUT2D eigenvalue weighted by Crippen LogP contribution is -2.24. The van der Waals surface area contributed by atoms with Crippen LogP contribution < -0.4 is 5.56 Å². The molecule has 0 fully saturated rings. The van der Waals surface area contributed by atoms with Gasteiger partial charge in [-0.05, 0) is 50.8 Å². The predicted octanol–water partition coefficient (Wildman–Crippen LogP) is 4.62. The maximum atomic E-state index is 12.9. The van der Waals surface area contributed by atoms with Gasteiger partial charge in [0.05, 0.1) is 10.9 Å². The SMILES string of the molecule is CC.CC1=CCCC=C1n1c(C)nc2cccc(C)c2c1=O. The van der Waals surface area contributed by atoms with Gasteiger partial charge in [-0.2, -0.15) is 0 Å². The van der Waals surface area contributed by atoms with Crippen molar-refractivity contribution in [2.75, 3.05) is 0 Å². The summed E-state index contributed by atoms with van der Waals surface area (Å²) in [5, 5.41) is 0.720. The number of hydrogen-bond acceptors (Lipinski definition) is 2. The monoisotopic (exact) mass is 296 g/mol. The first-order valence-corrected chi connectivity index (χ1v) is 7.96. The molecule has 0 amide bonds. The maximum absolute atomic E-state index is 12.9. The predicted molar refractivity (Wildman–Crippen MR) is 94.1 cm³/mol. The molecule has 1 heterocycles. The molecule has 0 unspecified atom stereocenters. The van der Waals surface area contributed by atoms with E-state index in [2.05, 4.69) is 24.1 Å². The third kappa shape index (κ3) is 2.76. The van der Waals surface area contributed by atoms with Gasteiger partial charge in [0.1, 0.15) is 5.82 Å². The second-order valence-corrected chi connectivity index (χ2v) is 5.32. The van der Waals surface area contributed by atoms with Gasteiger partial charge in [0.2, 0.25) is 0 Å². The molecule has 1 aliphatic carbocycles. The highest BCUT2D eigenvalue weighted by molar-refractivity contribution is 5.82. The highest BCUT2D eigenvalue weighted by Crippen LogP contribution is 2.23. The Morgan fingerprint density at radius 1 is 1.05 bits per heavy atom. The van der Waals surface area contributed by atoms with Crippen molar-refractivity contribution in [1.29, 1.82) is 0 Å². The van der Waals surface area contributed by atoms with Crippen LogP contribution in [0.3, 0.4) is 0 Å². The Balaban J connectivity index is 0.000000847. The molecule has 3 nitrogen and oxygen atoms in total. The van der Waals surface area contributed by atoms with Gasteiger partial charge in [-0.1, -0.05) is 38.1 Å². The van der Waals surface area contributed by atoms with Crippen molar-refractivity contribution in [1.82, 2.24) is 9.55 Å². The Hall–Kier alpha value is -2.16. The van der Waals surface area contributed by atoms with Crippen LogP contribution in [0.2, 0.25) is 0 Å². The standard InChI is InChI=1S/C17H18N2O.C2H6/c1-11-7-4-5-10-15(11)19-13(3)18-14-9-6-8-12(2)16(14)17(19)20;1-2/h6-10H,4-5H2,1-3H3;1-2H3. The van der Waals surface area contributed by atoms with E-state index in [1.807, 2.05) is 45.9 Å². The number of benzene rings is 1. The molecule has 1 aromatic heterocycles. The first kappa shape index (κ1) is 16.2. The van der Waals surface area contributed by atoms with Crippen LogP contribution in [0.25, 0.3) is 16.6 Å². The molecule has 1 aliphatic rings. The van der Waals surface area contributed by atoms with E-state index in [-0.39, 0.29) is 5.56 Å². The molecule has 0 atom stereocenters. The summed E-state index contributed by atoms with van der Waals surface area (Å²) in [5.74, 6) is 0.744. The smallest absolute Gasteiger partial charge is 0.266 e. The zero-order valence-electron chi connectivity index (χ0n) is 14.1. The molecule has 0 saturated heterocycles. The number of aromatic nitrogens is 2. The summed E-state index contributed by atoms with van der Waals surface area (Å²) in [7, 11) is 0. The summed E-state index contributed by atoms with van der Waals surface area (Å²) < 4.78 is 1.75. The lowest BCUT2D eigenvalue weighted by molar-refractivity contribution is 0.885. The summed E-state index contributed by atoms with van der Waals surface area (Å²) in [6.45, 7) is 9.91. The summed E-state index contributed by atoms with van der Waals surface area (Å²) in [6.07, 6.45) is 6.34. The Kier molecular flexibility index (Phi) is 4.96. The molecule has 0 bridgehead atoms. The molecule has 0 saturated carbocycles. The second kappa shape index (κ2) is 6.73. The zero-order valence-corrected chi connectivity index (χ0v) is 14.1. The molecule has 0 aliphatic heterocycles. The molecule has 3 rings (SSSR count). The van der Waals surface area contributed by atoms with Crippen molar-refractivity contribution in [3.63, 3.8) is 0 Å². The number of nitrogens with zero attached hydrogens (tertiary/aromatic N) is 2. The van der Waals surface area contributed by atoms with Crippen molar-refractivity contribution in [2.24, 2.45) is 0 Å². The van der Waals surface area contributed by atoms with Crippen LogP contribution in [0, 0.1) is 13.8 Å². The Morgan fingerprint density at radius 3 is 2.41 bits per heavy atom. The Bertz CT molecular complexity index is 810. The van der Waals surface area contributed by atoms with Gasteiger partial charge in [-0.25, -0.2) is 4.98 Å². The molecule has 0 radical (unpaired) electrons. The van der Waals surface area contributed by atoms with Crippen molar-refractivity contribution in [3.8, 4) is 0 Å². The molecular weight excluding hydrogens is 272 g/mol. The van der Waals surface area contributed by atoms with E-state index < -0.39 is 0 Å². The van der Waals surface area contributed by atoms with E-state index in [0.29, 0.717) is 0 Å². The summed E-state index contributed by atoms with van der Waals surface area (Å²) in [5.41, 5.74) is 3.92. The van der Waals surface area contributed by atoms with Gasteiger partial charge in [0.15, 0.2) is 0 Å². The van der Waals surface area contributed by atoms with Crippen LogP contribution in [0.4, 0.5) is 0 Å². The van der Waals surface area contributed by atoms with E-state index >= 15 is 0 Å². The van der Waals surface area contributed by atoms with Gasteiger partial charge < -0.3 is 0 Å². The molecular formula is C19H24N2O. The van der Waals surface area contributed by atoms with Crippen LogP contribution in [0.1, 0.15) is 45.0 Å². The molecule has 116 valence electrons. The Labute approximate surface area is 132 Å². The van der Waals surface area contributed by atoms with E-state index in [1.165, 1.54) is 0 Å². The molecule has 3 heteroatoms. The summed E-state index contributed by atoms with van der Waals surface area (Å²) >= 11 is 0. The Morgan fingerprint density at radius 2 is 1.73 bits per heavy atom. The van der Waals surface area contributed by atoms with Crippen LogP contribution in [0.15, 0.2) is 40.7 Å². The normalized spacial score (nSPS) is 14.0. The quantitative estimate of drug-likeness (QED) is 0.769. The van der Waals surface area contributed by atoms with Crippen LogP contribution in [0.5, 0.6) is 0 Å². The minimum absolute atomic E-state index is 0.0338. The lowest BCUT2D eigenvalue weighted by Gasteiger charge is -2.18. The first-order chi connectivity index (χ1) is 10.6. The average molecular weight is 296 g/mol. The van der Waals surface area contributed by atoms with Gasteiger partial charge in [0.25, 0.3) is 5.56 Å². The number of allylic oxidation sites excluding steroid dienone is 4. The fourth-order valence-electron chi connectivity index (χ4n) is 2.84. The fraction of sp³-hybridized carbons (Fsp3) is 0.368. The minimum Gasteiger partial charge on any atom is -0.268 e. The summed E-state index contributed by atoms with van der Waals surface area (Å²) in [4.78, 5) is 17.5. The molecule has 0 spiro atoms. The van der Waals surface area contributed by atoms with Crippen molar-refractivity contribution >= 4 is 16.6 Å². The van der Waals surface area contributed by atoms with Crippen LogP contribution in [-0.4, -0.2) is 9.55 Å². The van der Waals surface area contributed by atoms with Gasteiger partial charge in [0, 0.05) is 5.70 Å². The number of hydrogen-bond donors (Lipinski definition) is 0. The third-order valence-corrected chi connectivity index (χ3v) is 3.87. The highest BCUT2D eigenvalue weighted by atomic mass is 16.1. The van der Waals surface area contributed by atoms with Gasteiger partial charge >= 0.3 is 0 Å². The molecule has 1 aromatic carbocycles. The molecule has 2 aromatic rings. The number of fused-ring (bicyclic) bond motifs is 1. The maximum Gasteiger partial charge on any atom is 0.266 e. The number of rotatable bonds is 1. The fourth-order valence-corrected chi connectivity index (χ4v) is 2.84. The van der Waals surface area contributed by atoms with Gasteiger partial charge in [-0.3, -0.25) is 9.36 Å². The highest BCUT2D eigenvalue weighted by Gasteiger charge is 2.15. The first-order valence-electron chi connectivity index (χ1n) is 7.96. The van der Waals surface area contributed by atoms with Crippen LogP contribution >= 0.6 is 0 Å². The lowest BCUT2D eigenvalue weighted by atomic mass is 10.0. The summed E-state index contributed by atoms with van der Waals surface area (Å²) in [6, 6.07) is 5.81. The van der Waals surface area contributed by atoms with E-state index in [4.69, 9.17) is 0 Å². The topological polar surface area (TPSA) is 34.9 Å². The van der Waals surface area contributed by atoms with E-state index in [1.54, 1.807) is 4.57 Å². The average Bonchev–Trinajstić information content (AvgIpc) is 2.51. The zero-order chi connectivity index (χ0) is 16.3. The van der Waals surface area contributed by atoms with E-state index in [0.717, 1.165) is 46.4 Å². The largest absolute Gasteiger partial charge is 0.268 e. The van der Waals surface area contributed by atoms with E-state index in [9.17, 15) is 4.79 Å². The second-order valence-electron chi connectivity index (χ2n) is 5.32. The van der Waals surface area contributed by atoms with Crippen molar-refractivity contribution in [2.45, 2.75) is 47.5 Å². The molecule has 0 N–H and O–H groups in total. The molecule has 22 heavy (non-hydrogen) atoms. The van der Waals surface area contributed by atoms with Crippen molar-refractivity contribution < 1.29 is 0 Å². The minimum atomic E-state index is 0.0338. The van der Waals surface area contributed by atoms with Crippen molar-refractivity contribution in [3.05, 3.63) is 57.7 Å². The number of aryl methyl sites for hydroxylation is 2. The van der Waals surface area contributed by atoms with Gasteiger partial charge in [-0.15, -0.1) is 0 Å². The third-order valence-electron chi connectivity index (χ3n) is 3.87.